The van der Waals surface area contributed by atoms with Crippen molar-refractivity contribution in [1.82, 2.24) is 0 Å². The van der Waals surface area contributed by atoms with Crippen molar-refractivity contribution in [3.05, 3.63) is 59.7 Å². The molecule has 0 aromatic heterocycles. The lowest BCUT2D eigenvalue weighted by Gasteiger charge is -2.32. The fraction of sp³-hybridized carbons (Fsp3) is 0.556. The van der Waals surface area contributed by atoms with Gasteiger partial charge in [-0.3, -0.25) is 0 Å². The number of nitrogens with zero attached hydrogens (tertiary/aromatic N) is 2. The van der Waals surface area contributed by atoms with Crippen molar-refractivity contribution in [2.24, 2.45) is 11.8 Å². The number of rotatable bonds is 8. The third-order valence-electron chi connectivity index (χ3n) is 6.88. The van der Waals surface area contributed by atoms with E-state index in [1.54, 1.807) is 0 Å². The average Bonchev–Trinajstić information content (AvgIpc) is 2.81. The predicted molar refractivity (Wildman–Crippen MR) is 121 cm³/mol. The van der Waals surface area contributed by atoms with Crippen molar-refractivity contribution in [2.75, 3.05) is 6.61 Å². The van der Waals surface area contributed by atoms with E-state index in [-0.39, 0.29) is 0 Å². The van der Waals surface area contributed by atoms with E-state index in [9.17, 15) is 0 Å². The van der Waals surface area contributed by atoms with Crippen LogP contribution in [0.15, 0.2) is 48.6 Å². The van der Waals surface area contributed by atoms with Crippen LogP contribution in [0.1, 0.15) is 81.3 Å². The minimum atomic E-state index is 0.464. The Labute approximate surface area is 182 Å². The summed E-state index contributed by atoms with van der Waals surface area (Å²) in [6.45, 7) is 0.934. The largest absolute Gasteiger partial charge is 0.378 e. The van der Waals surface area contributed by atoms with Crippen LogP contribution in [-0.4, -0.2) is 12.7 Å². The molecule has 0 heterocycles. The lowest BCUT2D eigenvalue weighted by molar-refractivity contribution is -0.00824. The zero-order valence-electron chi connectivity index (χ0n) is 18.0. The van der Waals surface area contributed by atoms with Crippen molar-refractivity contribution in [2.45, 2.75) is 76.2 Å². The molecule has 0 saturated heterocycles. The standard InChI is InChI=1S/C27H34N2O/c28-19-5-3-1-2-4-6-22-11-17-27(18-12-22)30-21-24-9-15-26(16-10-24)25-13-7-23(20-29)8-14-25/h1-3,5,7-8,13-14,22,24,26-27H,4,6,9-12,15-18,21H2/b2-1+,5-3+. The molecule has 0 bridgehead atoms. The Balaban J connectivity index is 1.28. The van der Waals surface area contributed by atoms with E-state index in [0.717, 1.165) is 24.5 Å². The minimum absolute atomic E-state index is 0.464. The van der Waals surface area contributed by atoms with Gasteiger partial charge in [0.15, 0.2) is 0 Å². The summed E-state index contributed by atoms with van der Waals surface area (Å²) in [5, 5.41) is 17.4. The quantitative estimate of drug-likeness (QED) is 0.354. The van der Waals surface area contributed by atoms with E-state index in [4.69, 9.17) is 15.3 Å². The van der Waals surface area contributed by atoms with Crippen LogP contribution in [0, 0.1) is 34.5 Å². The van der Waals surface area contributed by atoms with Crippen LogP contribution in [0.2, 0.25) is 0 Å². The molecule has 0 spiro atoms. The first-order valence-electron chi connectivity index (χ1n) is 11.6. The Morgan fingerprint density at radius 1 is 0.867 bits per heavy atom. The first kappa shape index (κ1) is 22.3. The van der Waals surface area contributed by atoms with Crippen LogP contribution in [0.3, 0.4) is 0 Å². The maximum absolute atomic E-state index is 8.95. The second-order valence-electron chi connectivity index (χ2n) is 8.92. The molecule has 3 nitrogen and oxygen atoms in total. The smallest absolute Gasteiger partial charge is 0.0991 e. The summed E-state index contributed by atoms with van der Waals surface area (Å²) in [7, 11) is 0. The molecule has 0 amide bonds. The third kappa shape index (κ3) is 7.16. The van der Waals surface area contributed by atoms with E-state index in [1.807, 2.05) is 30.4 Å². The highest BCUT2D eigenvalue weighted by atomic mass is 16.5. The second kappa shape index (κ2) is 12.4. The number of allylic oxidation sites excluding steroid dienone is 4. The van der Waals surface area contributed by atoms with Gasteiger partial charge in [0.25, 0.3) is 0 Å². The van der Waals surface area contributed by atoms with Gasteiger partial charge in [-0.2, -0.15) is 10.5 Å². The van der Waals surface area contributed by atoms with Crippen LogP contribution < -0.4 is 0 Å². The predicted octanol–water partition coefficient (Wildman–Crippen LogP) is 6.82. The zero-order valence-corrected chi connectivity index (χ0v) is 18.0. The van der Waals surface area contributed by atoms with E-state index >= 15 is 0 Å². The molecular formula is C27H34N2O. The molecule has 2 aliphatic rings. The van der Waals surface area contributed by atoms with Gasteiger partial charge in [0.1, 0.15) is 0 Å². The molecule has 1 aromatic rings. The third-order valence-corrected chi connectivity index (χ3v) is 6.88. The van der Waals surface area contributed by atoms with Crippen LogP contribution in [0.25, 0.3) is 0 Å². The highest BCUT2D eigenvalue weighted by Crippen LogP contribution is 2.37. The lowest BCUT2D eigenvalue weighted by atomic mass is 9.79. The minimum Gasteiger partial charge on any atom is -0.378 e. The van der Waals surface area contributed by atoms with E-state index in [2.05, 4.69) is 24.3 Å². The van der Waals surface area contributed by atoms with Crippen molar-refractivity contribution < 1.29 is 4.74 Å². The van der Waals surface area contributed by atoms with E-state index in [0.29, 0.717) is 17.9 Å². The molecule has 0 N–H and O–H groups in total. The average molecular weight is 403 g/mol. The maximum atomic E-state index is 8.95. The number of ether oxygens (including phenoxy) is 1. The summed E-state index contributed by atoms with van der Waals surface area (Å²) in [6.07, 6.45) is 20.3. The van der Waals surface area contributed by atoms with Crippen LogP contribution in [0.4, 0.5) is 0 Å². The highest BCUT2D eigenvalue weighted by molar-refractivity contribution is 5.33. The molecule has 2 aliphatic carbocycles. The van der Waals surface area contributed by atoms with Crippen LogP contribution >= 0.6 is 0 Å². The molecule has 0 radical (unpaired) electrons. The van der Waals surface area contributed by atoms with Gasteiger partial charge in [-0.25, -0.2) is 0 Å². The SMILES string of the molecule is N#C/C=C/C=C/CCC1CCC(OCC2CCC(c3ccc(C#N)cc3)CC2)CC1. The fourth-order valence-corrected chi connectivity index (χ4v) is 4.96. The van der Waals surface area contributed by atoms with Gasteiger partial charge in [-0.1, -0.05) is 30.4 Å². The molecule has 1 aromatic carbocycles. The first-order valence-corrected chi connectivity index (χ1v) is 11.6. The fourth-order valence-electron chi connectivity index (χ4n) is 4.96. The zero-order chi connectivity index (χ0) is 21.0. The Hall–Kier alpha value is -2.36. The molecule has 30 heavy (non-hydrogen) atoms. The Kier molecular flexibility index (Phi) is 9.20. The first-order chi connectivity index (χ1) is 14.8. The molecule has 0 unspecified atom stereocenters. The molecule has 0 atom stereocenters. The molecule has 158 valence electrons. The van der Waals surface area contributed by atoms with Crippen molar-refractivity contribution in [3.63, 3.8) is 0 Å². The summed E-state index contributed by atoms with van der Waals surface area (Å²) in [5.41, 5.74) is 2.14. The molecule has 2 saturated carbocycles. The molecular weight excluding hydrogens is 368 g/mol. The van der Waals surface area contributed by atoms with Gasteiger partial charge in [0.2, 0.25) is 0 Å². The number of hydrogen-bond donors (Lipinski definition) is 0. The van der Waals surface area contributed by atoms with E-state index < -0.39 is 0 Å². The van der Waals surface area contributed by atoms with Gasteiger partial charge in [-0.15, -0.1) is 0 Å². The monoisotopic (exact) mass is 402 g/mol. The molecule has 3 heteroatoms. The van der Waals surface area contributed by atoms with Gasteiger partial charge in [-0.05, 0) is 99.7 Å². The van der Waals surface area contributed by atoms with Gasteiger partial charge in [0.05, 0.1) is 23.8 Å². The maximum Gasteiger partial charge on any atom is 0.0991 e. The topological polar surface area (TPSA) is 56.8 Å². The van der Waals surface area contributed by atoms with E-state index in [1.165, 1.54) is 69.4 Å². The Morgan fingerprint density at radius 2 is 1.57 bits per heavy atom. The number of nitriles is 2. The molecule has 0 aliphatic heterocycles. The highest BCUT2D eigenvalue weighted by Gasteiger charge is 2.25. The molecule has 2 fully saturated rings. The summed E-state index contributed by atoms with van der Waals surface area (Å²) in [5.74, 6) is 2.19. The summed E-state index contributed by atoms with van der Waals surface area (Å²) in [6, 6.07) is 12.4. The van der Waals surface area contributed by atoms with Gasteiger partial charge < -0.3 is 4.74 Å². The van der Waals surface area contributed by atoms with Crippen LogP contribution in [-0.2, 0) is 4.74 Å². The second-order valence-corrected chi connectivity index (χ2v) is 8.92. The van der Waals surface area contributed by atoms with Crippen molar-refractivity contribution in [3.8, 4) is 12.1 Å². The van der Waals surface area contributed by atoms with Gasteiger partial charge in [0, 0.05) is 12.7 Å². The molecule has 3 rings (SSSR count). The van der Waals surface area contributed by atoms with Crippen molar-refractivity contribution >= 4 is 0 Å². The summed E-state index contributed by atoms with van der Waals surface area (Å²) in [4.78, 5) is 0. The number of hydrogen-bond acceptors (Lipinski definition) is 3. The lowest BCUT2D eigenvalue weighted by Crippen LogP contribution is -2.25. The Morgan fingerprint density at radius 3 is 2.23 bits per heavy atom. The van der Waals surface area contributed by atoms with Crippen molar-refractivity contribution in [1.29, 1.82) is 10.5 Å². The Bertz CT molecular complexity index is 765. The van der Waals surface area contributed by atoms with Crippen LogP contribution in [0.5, 0.6) is 0 Å². The summed E-state index contributed by atoms with van der Waals surface area (Å²) < 4.78 is 6.32. The van der Waals surface area contributed by atoms with Gasteiger partial charge >= 0.3 is 0 Å². The number of benzene rings is 1. The summed E-state index contributed by atoms with van der Waals surface area (Å²) >= 11 is 0. The normalized spacial score (nSPS) is 27.1.